The Labute approximate surface area is 108 Å². The van der Waals surface area contributed by atoms with Crippen molar-refractivity contribution in [1.82, 2.24) is 4.90 Å². The number of carbonyl (C=O) groups excluding carboxylic acids is 1. The number of likely N-dealkylation sites (tertiary alicyclic amines) is 1. The molecule has 1 heterocycles. The predicted octanol–water partition coefficient (Wildman–Crippen LogP) is 2.35. The van der Waals surface area contributed by atoms with Gasteiger partial charge in [0, 0.05) is 19.0 Å². The Morgan fingerprint density at radius 2 is 2.17 bits per heavy atom. The number of aliphatic hydroxyl groups excluding tert-OH is 1. The Kier molecular flexibility index (Phi) is 5.38. The third kappa shape index (κ3) is 4.80. The number of ether oxygens (including phenoxy) is 1. The molecule has 0 aromatic rings. The van der Waals surface area contributed by atoms with Crippen molar-refractivity contribution in [2.24, 2.45) is 5.92 Å². The molecule has 0 aromatic carbocycles. The first-order chi connectivity index (χ1) is 8.33. The van der Waals surface area contributed by atoms with Gasteiger partial charge in [-0.2, -0.15) is 0 Å². The molecule has 4 nitrogen and oxygen atoms in total. The molecule has 0 radical (unpaired) electrons. The minimum atomic E-state index is -0.512. The zero-order valence-corrected chi connectivity index (χ0v) is 11.5. The first-order valence-corrected chi connectivity index (χ1v) is 6.55. The first kappa shape index (κ1) is 15.2. The number of nitrogens with zero attached hydrogens (tertiary/aromatic N) is 1. The summed E-state index contributed by atoms with van der Waals surface area (Å²) in [6.07, 6.45) is 0.798. The molecule has 106 valence electrons. The van der Waals surface area contributed by atoms with Gasteiger partial charge in [0.05, 0.1) is 12.8 Å². The topological polar surface area (TPSA) is 49.8 Å². The number of alkyl halides is 1. The summed E-state index contributed by atoms with van der Waals surface area (Å²) < 4.78 is 17.5. The number of aliphatic hydroxyl groups is 1. The fourth-order valence-electron chi connectivity index (χ4n) is 2.14. The molecule has 0 aliphatic carbocycles. The van der Waals surface area contributed by atoms with Gasteiger partial charge in [-0.1, -0.05) is 0 Å². The minimum Gasteiger partial charge on any atom is -0.444 e. The van der Waals surface area contributed by atoms with Crippen molar-refractivity contribution in [3.05, 3.63) is 0 Å². The number of amides is 1. The molecule has 1 aliphatic rings. The third-order valence-corrected chi connectivity index (χ3v) is 3.05. The first-order valence-electron chi connectivity index (χ1n) is 6.55. The van der Waals surface area contributed by atoms with E-state index in [1.807, 2.05) is 20.8 Å². The van der Waals surface area contributed by atoms with Crippen LogP contribution < -0.4 is 0 Å². The smallest absolute Gasteiger partial charge is 0.410 e. The standard InChI is InChI=1S/C13H24FNO3/c1-13(2,3)18-12(17)15-8-6-11(16)10(9-15)5-4-7-14/h10-11,16H,4-9H2,1-3H3. The molecule has 1 amide bonds. The minimum absolute atomic E-state index is 0.0398. The number of halogens is 1. The van der Waals surface area contributed by atoms with E-state index in [2.05, 4.69) is 0 Å². The maximum Gasteiger partial charge on any atom is 0.410 e. The van der Waals surface area contributed by atoms with Crippen molar-refractivity contribution < 1.29 is 19.0 Å². The van der Waals surface area contributed by atoms with E-state index in [9.17, 15) is 14.3 Å². The van der Waals surface area contributed by atoms with Crippen LogP contribution >= 0.6 is 0 Å². The molecule has 0 saturated carbocycles. The van der Waals surface area contributed by atoms with E-state index >= 15 is 0 Å². The summed E-state index contributed by atoms with van der Waals surface area (Å²) in [6.45, 7) is 6.05. The molecule has 2 atom stereocenters. The van der Waals surface area contributed by atoms with Gasteiger partial charge < -0.3 is 14.7 Å². The molecular weight excluding hydrogens is 237 g/mol. The lowest BCUT2D eigenvalue weighted by atomic mass is 9.91. The van der Waals surface area contributed by atoms with Gasteiger partial charge >= 0.3 is 6.09 Å². The Morgan fingerprint density at radius 1 is 1.50 bits per heavy atom. The van der Waals surface area contributed by atoms with Crippen LogP contribution in [0.25, 0.3) is 0 Å². The number of hydrogen-bond acceptors (Lipinski definition) is 3. The van der Waals surface area contributed by atoms with Crippen LogP contribution in [0.5, 0.6) is 0 Å². The fourth-order valence-corrected chi connectivity index (χ4v) is 2.14. The summed E-state index contributed by atoms with van der Waals surface area (Å²) in [4.78, 5) is 13.5. The molecule has 0 spiro atoms. The maximum atomic E-state index is 12.2. The summed E-state index contributed by atoms with van der Waals surface area (Å²) in [7, 11) is 0. The number of carbonyl (C=O) groups is 1. The second-order valence-corrected chi connectivity index (χ2v) is 5.87. The highest BCUT2D eigenvalue weighted by molar-refractivity contribution is 5.68. The van der Waals surface area contributed by atoms with Gasteiger partial charge in [0.15, 0.2) is 0 Å². The fraction of sp³-hybridized carbons (Fsp3) is 0.923. The van der Waals surface area contributed by atoms with E-state index in [0.717, 1.165) is 0 Å². The van der Waals surface area contributed by atoms with Crippen LogP contribution in [0.15, 0.2) is 0 Å². The zero-order chi connectivity index (χ0) is 13.8. The molecule has 1 aliphatic heterocycles. The normalized spacial score (nSPS) is 25.1. The van der Waals surface area contributed by atoms with E-state index in [0.29, 0.717) is 32.4 Å². The van der Waals surface area contributed by atoms with E-state index in [1.54, 1.807) is 4.90 Å². The molecule has 1 fully saturated rings. The van der Waals surface area contributed by atoms with Gasteiger partial charge in [-0.3, -0.25) is 4.39 Å². The van der Waals surface area contributed by atoms with Crippen LogP contribution in [0.3, 0.4) is 0 Å². The molecule has 5 heteroatoms. The molecule has 18 heavy (non-hydrogen) atoms. The highest BCUT2D eigenvalue weighted by atomic mass is 19.1. The zero-order valence-electron chi connectivity index (χ0n) is 11.5. The molecule has 0 aromatic heterocycles. The lowest BCUT2D eigenvalue weighted by Gasteiger charge is -2.36. The highest BCUT2D eigenvalue weighted by Crippen LogP contribution is 2.23. The van der Waals surface area contributed by atoms with Crippen molar-refractivity contribution in [2.75, 3.05) is 19.8 Å². The Bertz CT molecular complexity index is 278. The molecule has 2 unspecified atom stereocenters. The van der Waals surface area contributed by atoms with Crippen LogP contribution in [0.2, 0.25) is 0 Å². The second-order valence-electron chi connectivity index (χ2n) is 5.87. The second kappa shape index (κ2) is 6.36. The van der Waals surface area contributed by atoms with Crippen molar-refractivity contribution in [1.29, 1.82) is 0 Å². The summed E-state index contributed by atoms with van der Waals surface area (Å²) in [5, 5.41) is 9.83. The average molecular weight is 261 g/mol. The maximum absolute atomic E-state index is 12.2. The van der Waals surface area contributed by atoms with Crippen LogP contribution in [0, 0.1) is 5.92 Å². The van der Waals surface area contributed by atoms with Gasteiger partial charge in [-0.25, -0.2) is 4.79 Å². The van der Waals surface area contributed by atoms with E-state index in [4.69, 9.17) is 4.74 Å². The lowest BCUT2D eigenvalue weighted by molar-refractivity contribution is -0.0105. The summed E-state index contributed by atoms with van der Waals surface area (Å²) in [6, 6.07) is 0. The SMILES string of the molecule is CC(C)(C)OC(=O)N1CCC(O)C(CCCF)C1. The van der Waals surface area contributed by atoms with Gasteiger partial charge in [0.2, 0.25) is 0 Å². The van der Waals surface area contributed by atoms with Gasteiger partial charge in [-0.05, 0) is 40.0 Å². The Balaban J connectivity index is 2.50. The molecular formula is C13H24FNO3. The number of hydrogen-bond donors (Lipinski definition) is 1. The number of rotatable bonds is 3. The van der Waals surface area contributed by atoms with Crippen molar-refractivity contribution >= 4 is 6.09 Å². The van der Waals surface area contributed by atoms with Crippen LogP contribution in [-0.2, 0) is 4.74 Å². The largest absolute Gasteiger partial charge is 0.444 e. The van der Waals surface area contributed by atoms with Crippen LogP contribution in [0.1, 0.15) is 40.0 Å². The van der Waals surface area contributed by atoms with Crippen molar-refractivity contribution in [3.8, 4) is 0 Å². The summed E-state index contributed by atoms with van der Waals surface area (Å²) in [5.74, 6) is -0.0398. The summed E-state index contributed by atoms with van der Waals surface area (Å²) in [5.41, 5.74) is -0.512. The molecule has 1 rings (SSSR count). The number of piperidine rings is 1. The summed E-state index contributed by atoms with van der Waals surface area (Å²) >= 11 is 0. The van der Waals surface area contributed by atoms with Crippen LogP contribution in [-0.4, -0.2) is 47.6 Å². The van der Waals surface area contributed by atoms with E-state index < -0.39 is 11.7 Å². The average Bonchev–Trinajstić information content (AvgIpc) is 2.25. The predicted molar refractivity (Wildman–Crippen MR) is 67.1 cm³/mol. The lowest BCUT2D eigenvalue weighted by Crippen LogP contribution is -2.47. The third-order valence-electron chi connectivity index (χ3n) is 3.05. The van der Waals surface area contributed by atoms with Gasteiger partial charge in [0.1, 0.15) is 5.60 Å². The molecule has 0 bridgehead atoms. The van der Waals surface area contributed by atoms with E-state index in [-0.39, 0.29) is 18.7 Å². The highest BCUT2D eigenvalue weighted by Gasteiger charge is 2.32. The van der Waals surface area contributed by atoms with Crippen molar-refractivity contribution in [3.63, 3.8) is 0 Å². The van der Waals surface area contributed by atoms with Crippen molar-refractivity contribution in [2.45, 2.75) is 51.7 Å². The monoisotopic (exact) mass is 261 g/mol. The van der Waals surface area contributed by atoms with Gasteiger partial charge in [0.25, 0.3) is 0 Å². The van der Waals surface area contributed by atoms with Gasteiger partial charge in [-0.15, -0.1) is 0 Å². The van der Waals surface area contributed by atoms with E-state index in [1.165, 1.54) is 0 Å². The Hall–Kier alpha value is -0.840. The quantitative estimate of drug-likeness (QED) is 0.848. The molecule has 1 saturated heterocycles. The molecule has 1 N–H and O–H groups in total. The Morgan fingerprint density at radius 3 is 2.72 bits per heavy atom. The van der Waals surface area contributed by atoms with Crippen LogP contribution in [0.4, 0.5) is 9.18 Å².